The van der Waals surface area contributed by atoms with Crippen LogP contribution in [0.25, 0.3) is 0 Å². The van der Waals surface area contributed by atoms with Crippen molar-refractivity contribution in [2.45, 2.75) is 220 Å². The molecular weight excluding hydrogens is 689 g/mol. The van der Waals surface area contributed by atoms with Crippen LogP contribution < -0.4 is 11.5 Å². The maximum Gasteiger partial charge on any atom is 0.305 e. The number of hydrogen-bond donors (Lipinski definition) is 2. The summed E-state index contributed by atoms with van der Waals surface area (Å²) in [4.78, 5) is 12.8. The lowest BCUT2D eigenvalue weighted by Gasteiger charge is -2.61. The Bertz CT molecular complexity index is 1260. The van der Waals surface area contributed by atoms with E-state index in [-0.39, 0.29) is 5.97 Å². The van der Waals surface area contributed by atoms with Crippen LogP contribution in [0.4, 0.5) is 11.4 Å². The number of aryl methyl sites for hydroxylation is 1. The van der Waals surface area contributed by atoms with Crippen molar-refractivity contribution >= 4 is 17.3 Å². The van der Waals surface area contributed by atoms with Gasteiger partial charge in [-0.25, -0.2) is 0 Å². The van der Waals surface area contributed by atoms with Crippen molar-refractivity contribution in [3.63, 3.8) is 0 Å². The molecule has 0 aromatic heterocycles. The minimum Gasteiger partial charge on any atom is -0.466 e. The predicted octanol–water partition coefficient (Wildman–Crippen LogP) is 14.0. The number of benzene rings is 1. The topological polar surface area (TPSA) is 87.6 Å². The fraction of sp³-hybridized carbons (Fsp3) is 0.863. The first-order valence-corrected chi connectivity index (χ1v) is 24.6. The molecule has 4 aliphatic rings. The summed E-state index contributed by atoms with van der Waals surface area (Å²) in [5.41, 5.74) is 15.6. The zero-order chi connectivity index (χ0) is 39.8. The second-order valence-corrected chi connectivity index (χ2v) is 20.3. The minimum absolute atomic E-state index is 0.0404. The number of nitrogen functional groups attached to an aromatic ring is 2. The van der Waals surface area contributed by atoms with Gasteiger partial charge in [-0.15, -0.1) is 0 Å². The Labute approximate surface area is 345 Å². The van der Waals surface area contributed by atoms with Gasteiger partial charge in [-0.3, -0.25) is 4.79 Å². The Morgan fingerprint density at radius 3 is 1.93 bits per heavy atom. The van der Waals surface area contributed by atoms with Crippen molar-refractivity contribution in [3.05, 3.63) is 23.8 Å². The Balaban J connectivity index is 0.915. The molecule has 2 unspecified atom stereocenters. The van der Waals surface area contributed by atoms with E-state index in [4.69, 9.17) is 20.9 Å². The van der Waals surface area contributed by atoms with E-state index in [1.807, 2.05) is 18.2 Å². The molecule has 0 radical (unpaired) electrons. The van der Waals surface area contributed by atoms with Gasteiger partial charge < -0.3 is 20.9 Å². The van der Waals surface area contributed by atoms with Gasteiger partial charge in [-0.2, -0.15) is 0 Å². The molecule has 0 saturated heterocycles. The van der Waals surface area contributed by atoms with E-state index >= 15 is 0 Å². The molecule has 5 nitrogen and oxygen atoms in total. The molecule has 0 aliphatic heterocycles. The average Bonchev–Trinajstić information content (AvgIpc) is 3.53. The van der Waals surface area contributed by atoms with Crippen LogP contribution >= 0.6 is 0 Å². The van der Waals surface area contributed by atoms with Crippen molar-refractivity contribution in [2.24, 2.45) is 46.3 Å². The molecule has 4 aliphatic carbocycles. The number of unbranched alkanes of at least 4 members (excludes halogenated alkanes) is 15. The number of hydrogen-bond acceptors (Lipinski definition) is 5. The Hall–Kier alpha value is -1.75. The van der Waals surface area contributed by atoms with E-state index in [1.54, 1.807) is 0 Å². The lowest BCUT2D eigenvalue weighted by Crippen LogP contribution is -2.54. The minimum atomic E-state index is 0.0404. The molecular formula is C51H88N2O3. The zero-order valence-electron chi connectivity index (χ0n) is 37.1. The second kappa shape index (κ2) is 23.1. The molecule has 1 aromatic rings. The molecule has 0 amide bonds. The number of ether oxygens (including phenoxy) is 2. The second-order valence-electron chi connectivity index (χ2n) is 20.3. The van der Waals surface area contributed by atoms with Gasteiger partial charge in [0.2, 0.25) is 0 Å². The molecule has 0 spiro atoms. The smallest absolute Gasteiger partial charge is 0.305 e. The summed E-state index contributed by atoms with van der Waals surface area (Å²) in [6, 6.07) is 5.92. The van der Waals surface area contributed by atoms with Crippen molar-refractivity contribution < 1.29 is 14.3 Å². The Morgan fingerprint density at radius 1 is 0.696 bits per heavy atom. The fourth-order valence-corrected chi connectivity index (χ4v) is 13.2. The van der Waals surface area contributed by atoms with E-state index in [1.165, 1.54) is 160 Å². The molecule has 0 bridgehead atoms. The highest BCUT2D eigenvalue weighted by Crippen LogP contribution is 2.68. The highest BCUT2D eigenvalue weighted by molar-refractivity contribution is 5.69. The summed E-state index contributed by atoms with van der Waals surface area (Å²) >= 11 is 0. The maximum absolute atomic E-state index is 12.8. The number of esters is 1. The molecule has 4 fully saturated rings. The standard InChI is InChI=1S/C51H88N2O3/c1-5-6-7-8-9-10-11-12-13-14-15-16-17-18-19-20-33-56-49(54)28-23-39(2)46-26-27-47-45-25-24-41-37-44(29-31-50(41,3)48(45)30-32-51(46,47)4)55-34-21-22-40-35-42(52)38-43(53)36-40/h35-36,38-39,41,44-48H,5-34,37,52-53H2,1-4H3/t39-,41?,44?,45+,46-,47+,48+,50+,51-/m1/s1. The van der Waals surface area contributed by atoms with Crippen LogP contribution in [0.15, 0.2) is 18.2 Å². The van der Waals surface area contributed by atoms with E-state index in [9.17, 15) is 4.79 Å². The number of carbonyl (C=O) groups excluding carboxylic acids is 1. The van der Waals surface area contributed by atoms with E-state index in [0.717, 1.165) is 73.3 Å². The molecule has 5 heteroatoms. The van der Waals surface area contributed by atoms with E-state index < -0.39 is 0 Å². The summed E-state index contributed by atoms with van der Waals surface area (Å²) in [6.07, 6.45) is 38.0. The van der Waals surface area contributed by atoms with Crippen molar-refractivity contribution in [3.8, 4) is 0 Å². The third-order valence-corrected chi connectivity index (χ3v) is 16.4. The summed E-state index contributed by atoms with van der Waals surface area (Å²) < 4.78 is 12.3. The van der Waals surface area contributed by atoms with E-state index in [2.05, 4.69) is 27.7 Å². The fourth-order valence-electron chi connectivity index (χ4n) is 13.2. The van der Waals surface area contributed by atoms with Crippen LogP contribution in [0.5, 0.6) is 0 Å². The third kappa shape index (κ3) is 12.9. The quantitative estimate of drug-likeness (QED) is 0.0556. The molecule has 9 atom stereocenters. The van der Waals surface area contributed by atoms with Crippen LogP contribution in [0.2, 0.25) is 0 Å². The van der Waals surface area contributed by atoms with Gasteiger partial charge in [0.25, 0.3) is 0 Å². The van der Waals surface area contributed by atoms with Gasteiger partial charge in [0.05, 0.1) is 12.7 Å². The summed E-state index contributed by atoms with van der Waals surface area (Å²) in [5, 5.41) is 0. The van der Waals surface area contributed by atoms with Gasteiger partial charge in [0.1, 0.15) is 0 Å². The number of carbonyl (C=O) groups is 1. The molecule has 5 rings (SSSR count). The normalized spacial score (nSPS) is 30.4. The summed E-state index contributed by atoms with van der Waals surface area (Å²) in [6.45, 7) is 11.5. The zero-order valence-corrected chi connectivity index (χ0v) is 37.1. The summed E-state index contributed by atoms with van der Waals surface area (Å²) in [7, 11) is 0. The first-order chi connectivity index (χ1) is 27.1. The first kappa shape index (κ1) is 45.3. The molecule has 1 aromatic carbocycles. The van der Waals surface area contributed by atoms with Crippen LogP contribution in [0.1, 0.15) is 213 Å². The lowest BCUT2D eigenvalue weighted by atomic mass is 9.44. The van der Waals surface area contributed by atoms with Crippen LogP contribution in [-0.4, -0.2) is 25.3 Å². The Morgan fingerprint density at radius 2 is 1.29 bits per heavy atom. The number of rotatable bonds is 26. The maximum atomic E-state index is 12.8. The number of nitrogens with two attached hydrogens (primary N) is 2. The van der Waals surface area contributed by atoms with Gasteiger partial charge in [0.15, 0.2) is 0 Å². The Kier molecular flexibility index (Phi) is 18.7. The van der Waals surface area contributed by atoms with Crippen LogP contribution in [-0.2, 0) is 20.7 Å². The van der Waals surface area contributed by atoms with Gasteiger partial charge in [0, 0.05) is 24.4 Å². The van der Waals surface area contributed by atoms with Crippen LogP contribution in [0.3, 0.4) is 0 Å². The molecule has 4 N–H and O–H groups in total. The first-order valence-electron chi connectivity index (χ1n) is 24.6. The summed E-state index contributed by atoms with van der Waals surface area (Å²) in [5.74, 6) is 4.83. The number of anilines is 2. The lowest BCUT2D eigenvalue weighted by molar-refractivity contribution is -0.145. The average molecular weight is 777 g/mol. The predicted molar refractivity (Wildman–Crippen MR) is 237 cm³/mol. The van der Waals surface area contributed by atoms with E-state index in [0.29, 0.717) is 35.9 Å². The van der Waals surface area contributed by atoms with Gasteiger partial charge in [-0.05, 0) is 154 Å². The SMILES string of the molecule is CCCCCCCCCCCCCCCCCCOC(=O)CC[C@@H](C)[C@H]1CC[C@H]2[C@@H]3CCC4CC(OCCCc5cc(N)cc(N)c5)CC[C@]4(C)[C@H]3CC[C@]12C. The number of fused-ring (bicyclic) bond motifs is 5. The van der Waals surface area contributed by atoms with Crippen molar-refractivity contribution in [2.75, 3.05) is 24.7 Å². The van der Waals surface area contributed by atoms with Crippen LogP contribution in [0, 0.1) is 46.3 Å². The largest absolute Gasteiger partial charge is 0.466 e. The van der Waals surface area contributed by atoms with Crippen molar-refractivity contribution in [1.82, 2.24) is 0 Å². The highest BCUT2D eigenvalue weighted by atomic mass is 16.5. The molecule has 0 heterocycles. The van der Waals surface area contributed by atoms with Crippen molar-refractivity contribution in [1.29, 1.82) is 0 Å². The third-order valence-electron chi connectivity index (χ3n) is 16.4. The molecule has 320 valence electrons. The monoisotopic (exact) mass is 777 g/mol. The highest BCUT2D eigenvalue weighted by Gasteiger charge is 2.60. The van der Waals surface area contributed by atoms with Gasteiger partial charge in [-0.1, -0.05) is 124 Å². The molecule has 4 saturated carbocycles. The molecule has 56 heavy (non-hydrogen) atoms. The van der Waals surface area contributed by atoms with Gasteiger partial charge >= 0.3 is 5.97 Å².